The first-order valence-electron chi connectivity index (χ1n) is 5.48. The van der Waals surface area contributed by atoms with Gasteiger partial charge in [-0.3, -0.25) is 4.79 Å². The van der Waals surface area contributed by atoms with Crippen molar-refractivity contribution in [2.45, 2.75) is 19.4 Å². The van der Waals surface area contributed by atoms with Gasteiger partial charge in [-0.2, -0.15) is 0 Å². The van der Waals surface area contributed by atoms with Gasteiger partial charge in [0.1, 0.15) is 5.75 Å². The molecule has 1 amide bonds. The minimum atomic E-state index is -0.519. The minimum Gasteiger partial charge on any atom is -0.495 e. The van der Waals surface area contributed by atoms with Gasteiger partial charge in [-0.25, -0.2) is 0 Å². The Labute approximate surface area is 101 Å². The molecule has 0 heterocycles. The molecule has 17 heavy (non-hydrogen) atoms. The number of nitrogens with two attached hydrogens (primary N) is 1. The molecule has 0 aliphatic heterocycles. The van der Waals surface area contributed by atoms with E-state index in [0.29, 0.717) is 23.4 Å². The monoisotopic (exact) mass is 238 g/mol. The highest BCUT2D eigenvalue weighted by Crippen LogP contribution is 2.21. The molecule has 94 valence electrons. The fraction of sp³-hybridized carbons (Fsp3) is 0.417. The molecule has 0 radical (unpaired) electrons. The van der Waals surface area contributed by atoms with Crippen LogP contribution in [-0.2, 0) is 0 Å². The van der Waals surface area contributed by atoms with Crippen molar-refractivity contribution < 1.29 is 14.6 Å². The van der Waals surface area contributed by atoms with E-state index in [4.69, 9.17) is 10.5 Å². The van der Waals surface area contributed by atoms with Crippen molar-refractivity contribution in [1.82, 2.24) is 5.32 Å². The van der Waals surface area contributed by atoms with Crippen LogP contribution in [0.3, 0.4) is 0 Å². The van der Waals surface area contributed by atoms with Crippen LogP contribution in [0.25, 0.3) is 0 Å². The first-order valence-corrected chi connectivity index (χ1v) is 5.48. The largest absolute Gasteiger partial charge is 0.495 e. The summed E-state index contributed by atoms with van der Waals surface area (Å²) in [5.41, 5.74) is 6.56. The third-order valence-electron chi connectivity index (χ3n) is 2.46. The molecule has 1 unspecified atom stereocenters. The van der Waals surface area contributed by atoms with Crippen LogP contribution in [-0.4, -0.2) is 30.8 Å². The number of nitrogens with one attached hydrogen (secondary N) is 1. The van der Waals surface area contributed by atoms with Crippen LogP contribution in [0, 0.1) is 0 Å². The van der Waals surface area contributed by atoms with Gasteiger partial charge < -0.3 is 20.9 Å². The minimum absolute atomic E-state index is 0.237. The van der Waals surface area contributed by atoms with Gasteiger partial charge in [-0.1, -0.05) is 6.92 Å². The van der Waals surface area contributed by atoms with Gasteiger partial charge >= 0.3 is 0 Å². The van der Waals surface area contributed by atoms with Crippen LogP contribution in [0.4, 0.5) is 5.69 Å². The number of aliphatic hydroxyl groups is 1. The second-order valence-electron chi connectivity index (χ2n) is 3.73. The Hall–Kier alpha value is -1.75. The number of ether oxygens (including phenoxy) is 1. The predicted molar refractivity (Wildman–Crippen MR) is 66.0 cm³/mol. The maximum absolute atomic E-state index is 11.7. The summed E-state index contributed by atoms with van der Waals surface area (Å²) in [5.74, 6) is 0.280. The van der Waals surface area contributed by atoms with E-state index in [1.807, 2.05) is 6.92 Å². The highest BCUT2D eigenvalue weighted by atomic mass is 16.5. The standard InChI is InChI=1S/C12H18N2O3/c1-3-9(15)7-14-12(16)8-4-5-11(17-2)10(13)6-8/h4-6,9,15H,3,7,13H2,1-2H3,(H,14,16). The number of carbonyl (C=O) groups is 1. The van der Waals surface area contributed by atoms with Crippen LogP contribution in [0.2, 0.25) is 0 Å². The van der Waals surface area contributed by atoms with Crippen molar-refractivity contribution in [2.24, 2.45) is 0 Å². The second-order valence-corrected chi connectivity index (χ2v) is 3.73. The normalized spacial score (nSPS) is 11.9. The molecular formula is C12H18N2O3. The average Bonchev–Trinajstić information content (AvgIpc) is 2.35. The molecule has 5 heteroatoms. The Kier molecular flexibility index (Phi) is 4.78. The summed E-state index contributed by atoms with van der Waals surface area (Å²) >= 11 is 0. The van der Waals surface area contributed by atoms with Crippen LogP contribution in [0.1, 0.15) is 23.7 Å². The zero-order chi connectivity index (χ0) is 12.8. The number of methoxy groups -OCH3 is 1. The van der Waals surface area contributed by atoms with E-state index in [9.17, 15) is 9.90 Å². The van der Waals surface area contributed by atoms with Gasteiger partial charge in [0.2, 0.25) is 0 Å². The van der Waals surface area contributed by atoms with E-state index in [1.165, 1.54) is 7.11 Å². The highest BCUT2D eigenvalue weighted by Gasteiger charge is 2.09. The van der Waals surface area contributed by atoms with Crippen molar-refractivity contribution in [1.29, 1.82) is 0 Å². The third kappa shape index (κ3) is 3.64. The lowest BCUT2D eigenvalue weighted by Crippen LogP contribution is -2.31. The zero-order valence-electron chi connectivity index (χ0n) is 10.1. The Bertz CT molecular complexity index is 393. The molecule has 1 aromatic rings. The molecule has 4 N–H and O–H groups in total. The second kappa shape index (κ2) is 6.10. The van der Waals surface area contributed by atoms with Gasteiger partial charge in [0.05, 0.1) is 18.9 Å². The number of hydrogen-bond acceptors (Lipinski definition) is 4. The van der Waals surface area contributed by atoms with E-state index < -0.39 is 6.10 Å². The number of anilines is 1. The SMILES string of the molecule is CCC(O)CNC(=O)c1ccc(OC)c(N)c1. The van der Waals surface area contributed by atoms with Crippen LogP contribution in [0.15, 0.2) is 18.2 Å². The Morgan fingerprint density at radius 2 is 2.29 bits per heavy atom. The lowest BCUT2D eigenvalue weighted by atomic mass is 10.1. The lowest BCUT2D eigenvalue weighted by Gasteiger charge is -2.10. The van der Waals surface area contributed by atoms with Gasteiger partial charge in [-0.05, 0) is 24.6 Å². The summed E-state index contributed by atoms with van der Waals surface area (Å²) in [6, 6.07) is 4.82. The number of nitrogen functional groups attached to an aromatic ring is 1. The molecule has 0 fully saturated rings. The molecule has 0 aromatic heterocycles. The van der Waals surface area contributed by atoms with Crippen molar-refractivity contribution in [3.8, 4) is 5.75 Å². The fourth-order valence-electron chi connectivity index (χ4n) is 1.33. The van der Waals surface area contributed by atoms with E-state index in [-0.39, 0.29) is 12.5 Å². The molecular weight excluding hydrogens is 220 g/mol. The molecule has 0 aliphatic carbocycles. The number of benzene rings is 1. The topological polar surface area (TPSA) is 84.6 Å². The molecule has 0 bridgehead atoms. The average molecular weight is 238 g/mol. The molecule has 5 nitrogen and oxygen atoms in total. The maximum atomic E-state index is 11.7. The summed E-state index contributed by atoms with van der Waals surface area (Å²) in [6.45, 7) is 2.09. The molecule has 1 rings (SSSR count). The summed E-state index contributed by atoms with van der Waals surface area (Å²) in [6.07, 6.45) is 0.0833. The summed E-state index contributed by atoms with van der Waals surface area (Å²) < 4.78 is 5.00. The van der Waals surface area contributed by atoms with Crippen LogP contribution in [0.5, 0.6) is 5.75 Å². The number of rotatable bonds is 5. The fourth-order valence-corrected chi connectivity index (χ4v) is 1.33. The Morgan fingerprint density at radius 3 is 2.82 bits per heavy atom. The summed E-state index contributed by atoms with van der Waals surface area (Å²) in [7, 11) is 1.52. The van der Waals surface area contributed by atoms with Crippen molar-refractivity contribution >= 4 is 11.6 Å². The van der Waals surface area contributed by atoms with E-state index >= 15 is 0 Å². The molecule has 0 spiro atoms. The molecule has 1 aromatic carbocycles. The van der Waals surface area contributed by atoms with Crippen molar-refractivity contribution in [2.75, 3.05) is 19.4 Å². The van der Waals surface area contributed by atoms with Gasteiger partial charge in [-0.15, -0.1) is 0 Å². The van der Waals surface area contributed by atoms with E-state index in [1.54, 1.807) is 18.2 Å². The summed E-state index contributed by atoms with van der Waals surface area (Å²) in [5, 5.41) is 12.0. The Morgan fingerprint density at radius 1 is 1.59 bits per heavy atom. The predicted octanol–water partition coefficient (Wildman–Crippen LogP) is 0.778. The van der Waals surface area contributed by atoms with Crippen LogP contribution >= 0.6 is 0 Å². The lowest BCUT2D eigenvalue weighted by molar-refractivity contribution is 0.0914. The first kappa shape index (κ1) is 13.3. The number of amides is 1. The smallest absolute Gasteiger partial charge is 0.251 e. The van der Waals surface area contributed by atoms with E-state index in [2.05, 4.69) is 5.32 Å². The van der Waals surface area contributed by atoms with Gasteiger partial charge in [0, 0.05) is 12.1 Å². The van der Waals surface area contributed by atoms with E-state index in [0.717, 1.165) is 0 Å². The van der Waals surface area contributed by atoms with Crippen molar-refractivity contribution in [3.05, 3.63) is 23.8 Å². The Balaban J connectivity index is 2.66. The summed E-state index contributed by atoms with van der Waals surface area (Å²) in [4.78, 5) is 11.7. The number of carbonyl (C=O) groups excluding carboxylic acids is 1. The molecule has 0 saturated carbocycles. The van der Waals surface area contributed by atoms with Gasteiger partial charge in [0.15, 0.2) is 0 Å². The third-order valence-corrected chi connectivity index (χ3v) is 2.46. The first-order chi connectivity index (χ1) is 8.08. The number of aliphatic hydroxyl groups excluding tert-OH is 1. The van der Waals surface area contributed by atoms with Gasteiger partial charge in [0.25, 0.3) is 5.91 Å². The quantitative estimate of drug-likeness (QED) is 0.662. The maximum Gasteiger partial charge on any atom is 0.251 e. The molecule has 0 saturated heterocycles. The molecule has 1 atom stereocenters. The zero-order valence-corrected chi connectivity index (χ0v) is 10.1. The van der Waals surface area contributed by atoms with Crippen molar-refractivity contribution in [3.63, 3.8) is 0 Å². The highest BCUT2D eigenvalue weighted by molar-refractivity contribution is 5.95. The molecule has 0 aliphatic rings. The van der Waals surface area contributed by atoms with Crippen LogP contribution < -0.4 is 15.8 Å². The number of hydrogen-bond donors (Lipinski definition) is 3.